The summed E-state index contributed by atoms with van der Waals surface area (Å²) in [6.07, 6.45) is 0.802. The van der Waals surface area contributed by atoms with Crippen molar-refractivity contribution in [1.29, 1.82) is 0 Å². The second-order valence-corrected chi connectivity index (χ2v) is 3.82. The normalized spacial score (nSPS) is 10.6. The van der Waals surface area contributed by atoms with E-state index in [9.17, 15) is 9.18 Å². The van der Waals surface area contributed by atoms with Gasteiger partial charge in [0.05, 0.1) is 0 Å². The van der Waals surface area contributed by atoms with E-state index in [-0.39, 0.29) is 11.5 Å². The van der Waals surface area contributed by atoms with Crippen molar-refractivity contribution < 1.29 is 14.3 Å². The Bertz CT molecular complexity index is 563. The topological polar surface area (TPSA) is 68.0 Å². The number of nitrogens with zero attached hydrogens (tertiary/aromatic N) is 3. The van der Waals surface area contributed by atoms with Crippen LogP contribution in [-0.2, 0) is 6.54 Å². The minimum absolute atomic E-state index is 0.116. The Morgan fingerprint density at radius 2 is 2.06 bits per heavy atom. The van der Waals surface area contributed by atoms with Crippen LogP contribution in [0.3, 0.4) is 0 Å². The van der Waals surface area contributed by atoms with Crippen LogP contribution in [0.25, 0.3) is 11.3 Å². The second-order valence-electron chi connectivity index (χ2n) is 3.82. The number of aromatic nitrogens is 3. The third kappa shape index (κ3) is 2.22. The maximum absolute atomic E-state index is 12.9. The highest BCUT2D eigenvalue weighted by atomic mass is 19.1. The van der Waals surface area contributed by atoms with E-state index in [0.717, 1.165) is 6.42 Å². The third-order valence-corrected chi connectivity index (χ3v) is 2.49. The lowest BCUT2D eigenvalue weighted by Gasteiger charge is -2.05. The van der Waals surface area contributed by atoms with Gasteiger partial charge in [0.25, 0.3) is 0 Å². The van der Waals surface area contributed by atoms with Gasteiger partial charge in [-0.1, -0.05) is 12.1 Å². The van der Waals surface area contributed by atoms with E-state index >= 15 is 0 Å². The molecule has 2 aromatic rings. The predicted molar refractivity (Wildman–Crippen MR) is 62.7 cm³/mol. The number of rotatable bonds is 4. The molecule has 0 spiro atoms. The largest absolute Gasteiger partial charge is 0.476 e. The van der Waals surface area contributed by atoms with Crippen molar-refractivity contribution >= 4 is 5.97 Å². The molecule has 1 aromatic carbocycles. The molecule has 1 aromatic heterocycles. The van der Waals surface area contributed by atoms with Gasteiger partial charge in [0, 0.05) is 12.1 Å². The number of carboxylic acid groups (broad SMARTS) is 1. The molecular weight excluding hydrogens is 237 g/mol. The Hall–Kier alpha value is -2.24. The zero-order chi connectivity index (χ0) is 13.1. The molecule has 0 unspecified atom stereocenters. The SMILES string of the molecule is CCCn1nnc(C(=O)O)c1-c1ccc(F)cc1. The summed E-state index contributed by atoms with van der Waals surface area (Å²) >= 11 is 0. The Morgan fingerprint density at radius 1 is 1.39 bits per heavy atom. The minimum atomic E-state index is -1.14. The summed E-state index contributed by atoms with van der Waals surface area (Å²) in [4.78, 5) is 11.1. The Labute approximate surface area is 103 Å². The molecule has 0 saturated heterocycles. The van der Waals surface area contributed by atoms with Gasteiger partial charge < -0.3 is 5.11 Å². The van der Waals surface area contributed by atoms with Crippen molar-refractivity contribution in [2.75, 3.05) is 0 Å². The van der Waals surface area contributed by atoms with Crippen molar-refractivity contribution in [1.82, 2.24) is 15.0 Å². The van der Waals surface area contributed by atoms with Gasteiger partial charge in [-0.15, -0.1) is 5.10 Å². The van der Waals surface area contributed by atoms with Gasteiger partial charge >= 0.3 is 5.97 Å². The molecule has 6 heteroatoms. The maximum atomic E-state index is 12.9. The fraction of sp³-hybridized carbons (Fsp3) is 0.250. The van der Waals surface area contributed by atoms with Crippen LogP contribution in [0.1, 0.15) is 23.8 Å². The van der Waals surface area contributed by atoms with Gasteiger partial charge in [0.15, 0.2) is 5.69 Å². The molecular formula is C12H12FN3O2. The molecule has 1 heterocycles. The van der Waals surface area contributed by atoms with E-state index in [1.165, 1.54) is 28.9 Å². The van der Waals surface area contributed by atoms with Crippen molar-refractivity contribution in [3.05, 3.63) is 35.8 Å². The molecule has 0 fully saturated rings. The minimum Gasteiger partial charge on any atom is -0.476 e. The number of carboxylic acids is 1. The first-order valence-corrected chi connectivity index (χ1v) is 5.56. The summed E-state index contributed by atoms with van der Waals surface area (Å²) in [5.41, 5.74) is 0.881. The molecule has 0 aliphatic carbocycles. The standard InChI is InChI=1S/C12H12FN3O2/c1-2-7-16-11(10(12(17)18)14-15-16)8-3-5-9(13)6-4-8/h3-6H,2,7H2,1H3,(H,17,18). The lowest BCUT2D eigenvalue weighted by atomic mass is 10.1. The smallest absolute Gasteiger partial charge is 0.358 e. The first kappa shape index (κ1) is 12.2. The van der Waals surface area contributed by atoms with Crippen molar-refractivity contribution in [2.45, 2.75) is 19.9 Å². The zero-order valence-corrected chi connectivity index (χ0v) is 9.80. The second kappa shape index (κ2) is 4.95. The lowest BCUT2D eigenvalue weighted by Crippen LogP contribution is -2.04. The molecule has 18 heavy (non-hydrogen) atoms. The van der Waals surface area contributed by atoms with Crippen LogP contribution in [0.5, 0.6) is 0 Å². The first-order chi connectivity index (χ1) is 8.63. The molecule has 5 nitrogen and oxygen atoms in total. The average molecular weight is 249 g/mol. The van der Waals surface area contributed by atoms with E-state index in [1.54, 1.807) is 0 Å². The monoisotopic (exact) mass is 249 g/mol. The maximum Gasteiger partial charge on any atom is 0.358 e. The average Bonchev–Trinajstić information content (AvgIpc) is 2.75. The van der Waals surface area contributed by atoms with Crippen LogP contribution >= 0.6 is 0 Å². The Balaban J connectivity index is 2.55. The van der Waals surface area contributed by atoms with E-state index in [4.69, 9.17) is 5.11 Å². The van der Waals surface area contributed by atoms with E-state index in [2.05, 4.69) is 10.3 Å². The summed E-state index contributed by atoms with van der Waals surface area (Å²) in [6, 6.07) is 5.60. The molecule has 0 atom stereocenters. The fourth-order valence-corrected chi connectivity index (χ4v) is 1.72. The van der Waals surface area contributed by atoms with Gasteiger partial charge in [-0.3, -0.25) is 0 Å². The number of aryl methyl sites for hydroxylation is 1. The van der Waals surface area contributed by atoms with Crippen LogP contribution in [0, 0.1) is 5.82 Å². The summed E-state index contributed by atoms with van der Waals surface area (Å²) in [5.74, 6) is -1.51. The third-order valence-electron chi connectivity index (χ3n) is 2.49. The van der Waals surface area contributed by atoms with Crippen LogP contribution in [0.15, 0.2) is 24.3 Å². The van der Waals surface area contributed by atoms with Crippen molar-refractivity contribution in [3.8, 4) is 11.3 Å². The Morgan fingerprint density at radius 3 is 2.61 bits per heavy atom. The number of aromatic carboxylic acids is 1. The van der Waals surface area contributed by atoms with Crippen LogP contribution in [-0.4, -0.2) is 26.1 Å². The summed E-state index contributed by atoms with van der Waals surface area (Å²) in [5, 5.41) is 16.5. The molecule has 0 aliphatic rings. The molecule has 0 amide bonds. The van der Waals surface area contributed by atoms with Gasteiger partial charge in [-0.05, 0) is 30.7 Å². The predicted octanol–water partition coefficient (Wildman–Crippen LogP) is 2.19. The van der Waals surface area contributed by atoms with Crippen molar-refractivity contribution in [2.24, 2.45) is 0 Å². The summed E-state index contributed by atoms with van der Waals surface area (Å²) < 4.78 is 14.4. The number of hydrogen-bond acceptors (Lipinski definition) is 3. The number of carbonyl (C=O) groups is 1. The molecule has 0 saturated carbocycles. The summed E-state index contributed by atoms with van der Waals surface area (Å²) in [7, 11) is 0. The van der Waals surface area contributed by atoms with E-state index < -0.39 is 5.97 Å². The lowest BCUT2D eigenvalue weighted by molar-refractivity contribution is 0.0691. The van der Waals surface area contributed by atoms with Gasteiger partial charge in [-0.25, -0.2) is 13.9 Å². The molecule has 1 N–H and O–H groups in total. The fourth-order valence-electron chi connectivity index (χ4n) is 1.72. The van der Waals surface area contributed by atoms with Crippen LogP contribution in [0.4, 0.5) is 4.39 Å². The molecule has 0 aliphatic heterocycles. The quantitative estimate of drug-likeness (QED) is 0.901. The highest BCUT2D eigenvalue weighted by molar-refractivity contribution is 5.92. The molecule has 94 valence electrons. The number of hydrogen-bond donors (Lipinski definition) is 1. The van der Waals surface area contributed by atoms with Crippen LogP contribution in [0.2, 0.25) is 0 Å². The molecule has 2 rings (SSSR count). The van der Waals surface area contributed by atoms with Gasteiger partial charge in [0.1, 0.15) is 11.5 Å². The number of benzene rings is 1. The van der Waals surface area contributed by atoms with Crippen molar-refractivity contribution in [3.63, 3.8) is 0 Å². The Kier molecular flexibility index (Phi) is 3.36. The van der Waals surface area contributed by atoms with Gasteiger partial charge in [-0.2, -0.15) is 0 Å². The van der Waals surface area contributed by atoms with Crippen LogP contribution < -0.4 is 0 Å². The highest BCUT2D eigenvalue weighted by Gasteiger charge is 2.20. The number of halogens is 1. The summed E-state index contributed by atoms with van der Waals surface area (Å²) in [6.45, 7) is 2.52. The van der Waals surface area contributed by atoms with E-state index in [0.29, 0.717) is 17.8 Å². The van der Waals surface area contributed by atoms with E-state index in [1.807, 2.05) is 6.92 Å². The van der Waals surface area contributed by atoms with Gasteiger partial charge in [0.2, 0.25) is 0 Å². The highest BCUT2D eigenvalue weighted by Crippen LogP contribution is 2.22. The molecule has 0 radical (unpaired) electrons. The molecule has 0 bridgehead atoms. The zero-order valence-electron chi connectivity index (χ0n) is 9.80. The first-order valence-electron chi connectivity index (χ1n) is 5.56.